The van der Waals surface area contributed by atoms with Crippen molar-refractivity contribution in [3.05, 3.63) is 36.4 Å². The van der Waals surface area contributed by atoms with E-state index in [4.69, 9.17) is 14.0 Å². The van der Waals surface area contributed by atoms with E-state index in [1.807, 2.05) is 24.3 Å². The molecule has 3 fully saturated rings. The van der Waals surface area contributed by atoms with Crippen molar-refractivity contribution in [2.24, 2.45) is 11.8 Å². The minimum atomic E-state index is -0.397. The van der Waals surface area contributed by atoms with Crippen molar-refractivity contribution in [2.75, 3.05) is 6.61 Å². The van der Waals surface area contributed by atoms with Crippen LogP contribution in [0.1, 0.15) is 53.4 Å². The summed E-state index contributed by atoms with van der Waals surface area (Å²) in [7, 11) is -0.397. The van der Waals surface area contributed by atoms with Crippen molar-refractivity contribution in [1.29, 1.82) is 0 Å². The number of carbonyl (C=O) groups is 1. The minimum Gasteiger partial charge on any atom is -0.484 e. The second-order valence-corrected chi connectivity index (χ2v) is 10.5. The van der Waals surface area contributed by atoms with Gasteiger partial charge in [0.1, 0.15) is 5.75 Å². The van der Waals surface area contributed by atoms with E-state index in [-0.39, 0.29) is 23.7 Å². The van der Waals surface area contributed by atoms with Gasteiger partial charge in [0.2, 0.25) is 0 Å². The fourth-order valence-corrected chi connectivity index (χ4v) is 5.28. The predicted molar refractivity (Wildman–Crippen MR) is 123 cm³/mol. The zero-order chi connectivity index (χ0) is 21.8. The van der Waals surface area contributed by atoms with Crippen LogP contribution in [0.2, 0.25) is 0 Å². The van der Waals surface area contributed by atoms with E-state index in [0.29, 0.717) is 17.7 Å². The normalized spacial score (nSPS) is 28.3. The van der Waals surface area contributed by atoms with Gasteiger partial charge in [-0.1, -0.05) is 30.7 Å². The van der Waals surface area contributed by atoms with Gasteiger partial charge >= 0.3 is 7.12 Å². The lowest BCUT2D eigenvalue weighted by Crippen LogP contribution is -2.41. The largest absolute Gasteiger partial charge is 0.494 e. The molecule has 31 heavy (non-hydrogen) atoms. The molecule has 2 aromatic carbocycles. The average molecular weight is 421 g/mol. The summed E-state index contributed by atoms with van der Waals surface area (Å²) < 4.78 is 18.2. The minimum absolute atomic E-state index is 0.0244. The molecule has 0 spiro atoms. The number of carbonyl (C=O) groups excluding carboxylic acids is 1. The fraction of sp³-hybridized carbons (Fsp3) is 0.560. The molecule has 3 atom stereocenters. The number of rotatable bonds is 5. The first-order valence-corrected chi connectivity index (χ1v) is 11.5. The van der Waals surface area contributed by atoms with E-state index in [1.165, 1.54) is 19.3 Å². The standard InChI is InChI=1S/C25H32BNO4/c1-24(2)25(3,4)31-26(30-24)20-9-7-17-8-10-21(14-19(17)13-20)29-15-23(28)27-22-12-16-5-6-18(22)11-16/h7-10,13-14,16,18,22H,5-6,11-12,15H2,1-4H3,(H,27,28)/t16-,18+,22+/m1/s1. The first kappa shape index (κ1) is 20.8. The van der Waals surface area contributed by atoms with Crippen LogP contribution in [0.3, 0.4) is 0 Å². The van der Waals surface area contributed by atoms with E-state index in [2.05, 4.69) is 45.1 Å². The molecule has 5 nitrogen and oxygen atoms in total. The Morgan fingerprint density at radius 1 is 1.03 bits per heavy atom. The summed E-state index contributed by atoms with van der Waals surface area (Å²) in [5, 5.41) is 5.33. The highest BCUT2D eigenvalue weighted by Gasteiger charge is 2.51. The summed E-state index contributed by atoms with van der Waals surface area (Å²) in [5.41, 5.74) is 0.241. The maximum atomic E-state index is 12.4. The summed E-state index contributed by atoms with van der Waals surface area (Å²) in [6.07, 6.45) is 5.00. The topological polar surface area (TPSA) is 56.8 Å². The van der Waals surface area contributed by atoms with Crippen molar-refractivity contribution in [1.82, 2.24) is 5.32 Å². The average Bonchev–Trinajstić information content (AvgIpc) is 3.39. The van der Waals surface area contributed by atoms with Gasteiger partial charge in [-0.05, 0) is 87.2 Å². The molecule has 1 saturated heterocycles. The van der Waals surface area contributed by atoms with Gasteiger partial charge in [0.15, 0.2) is 6.61 Å². The number of ether oxygens (including phenoxy) is 1. The maximum Gasteiger partial charge on any atom is 0.494 e. The molecule has 6 heteroatoms. The van der Waals surface area contributed by atoms with Crippen LogP contribution in [0, 0.1) is 11.8 Å². The zero-order valence-electron chi connectivity index (χ0n) is 18.9. The molecule has 1 N–H and O–H groups in total. The molecule has 0 unspecified atom stereocenters. The monoisotopic (exact) mass is 421 g/mol. The molecule has 2 aliphatic carbocycles. The van der Waals surface area contributed by atoms with Gasteiger partial charge in [-0.2, -0.15) is 0 Å². The van der Waals surface area contributed by atoms with Gasteiger partial charge in [0, 0.05) is 6.04 Å². The molecule has 1 aliphatic heterocycles. The third kappa shape index (κ3) is 3.96. The van der Waals surface area contributed by atoms with E-state index in [1.54, 1.807) is 0 Å². The Bertz CT molecular complexity index is 988. The highest BCUT2D eigenvalue weighted by molar-refractivity contribution is 6.62. The van der Waals surface area contributed by atoms with Crippen LogP contribution >= 0.6 is 0 Å². The summed E-state index contributed by atoms with van der Waals surface area (Å²) in [4.78, 5) is 12.4. The highest BCUT2D eigenvalue weighted by atomic mass is 16.7. The first-order valence-electron chi connectivity index (χ1n) is 11.5. The van der Waals surface area contributed by atoms with E-state index in [9.17, 15) is 4.79 Å². The molecule has 5 rings (SSSR count). The van der Waals surface area contributed by atoms with Gasteiger partial charge < -0.3 is 19.4 Å². The van der Waals surface area contributed by atoms with Crippen LogP contribution in [0.4, 0.5) is 0 Å². The molecule has 0 aromatic heterocycles. The van der Waals surface area contributed by atoms with Crippen LogP contribution in [-0.2, 0) is 14.1 Å². The second kappa shape index (κ2) is 7.52. The second-order valence-electron chi connectivity index (χ2n) is 10.5. The van der Waals surface area contributed by atoms with E-state index < -0.39 is 7.12 Å². The van der Waals surface area contributed by atoms with Gasteiger partial charge in [0.05, 0.1) is 11.2 Å². The van der Waals surface area contributed by atoms with E-state index in [0.717, 1.165) is 28.6 Å². The number of hydrogen-bond acceptors (Lipinski definition) is 4. The SMILES string of the molecule is CC1(C)OB(c2ccc3ccc(OCC(=O)N[C@H]4C[C@@H]5CC[C@H]4C5)cc3c2)OC1(C)C. The van der Waals surface area contributed by atoms with Crippen molar-refractivity contribution < 1.29 is 18.8 Å². The Morgan fingerprint density at radius 3 is 2.45 bits per heavy atom. The summed E-state index contributed by atoms with van der Waals surface area (Å²) in [6.45, 7) is 8.28. The Kier molecular flexibility index (Phi) is 5.06. The molecule has 2 saturated carbocycles. The lowest BCUT2D eigenvalue weighted by Gasteiger charge is -2.32. The van der Waals surface area contributed by atoms with Crippen LogP contribution in [0.5, 0.6) is 5.75 Å². The van der Waals surface area contributed by atoms with Crippen LogP contribution in [0.25, 0.3) is 10.8 Å². The van der Waals surface area contributed by atoms with Crippen LogP contribution < -0.4 is 15.5 Å². The zero-order valence-corrected chi connectivity index (χ0v) is 18.9. The van der Waals surface area contributed by atoms with Gasteiger partial charge in [-0.3, -0.25) is 4.79 Å². The number of nitrogens with one attached hydrogen (secondary N) is 1. The molecule has 2 bridgehead atoms. The molecule has 1 amide bonds. The van der Waals surface area contributed by atoms with Gasteiger partial charge in [-0.25, -0.2) is 0 Å². The third-order valence-electron chi connectivity index (χ3n) is 7.82. The number of hydrogen-bond donors (Lipinski definition) is 1. The van der Waals surface area contributed by atoms with Crippen LogP contribution in [-0.4, -0.2) is 36.9 Å². The lowest BCUT2D eigenvalue weighted by molar-refractivity contribution is -0.124. The Morgan fingerprint density at radius 2 is 1.77 bits per heavy atom. The summed E-state index contributed by atoms with van der Waals surface area (Å²) in [6, 6.07) is 12.5. The number of fused-ring (bicyclic) bond motifs is 3. The van der Waals surface area contributed by atoms with Crippen LogP contribution in [0.15, 0.2) is 36.4 Å². The highest BCUT2D eigenvalue weighted by Crippen LogP contribution is 2.44. The quantitative estimate of drug-likeness (QED) is 0.746. The first-order chi connectivity index (χ1) is 14.7. The summed E-state index contributed by atoms with van der Waals surface area (Å²) in [5.74, 6) is 2.16. The molecule has 1 heterocycles. The molecular formula is C25H32BNO4. The smallest absolute Gasteiger partial charge is 0.484 e. The molecule has 164 valence electrons. The molecular weight excluding hydrogens is 389 g/mol. The van der Waals surface area contributed by atoms with Gasteiger partial charge in [0.25, 0.3) is 5.91 Å². The van der Waals surface area contributed by atoms with E-state index >= 15 is 0 Å². The fourth-order valence-electron chi connectivity index (χ4n) is 5.28. The van der Waals surface area contributed by atoms with Crippen molar-refractivity contribution in [2.45, 2.75) is 70.6 Å². The Labute approximate surface area is 185 Å². The lowest BCUT2D eigenvalue weighted by atomic mass is 9.78. The van der Waals surface area contributed by atoms with Crippen molar-refractivity contribution in [3.63, 3.8) is 0 Å². The maximum absolute atomic E-state index is 12.4. The number of benzene rings is 2. The molecule has 0 radical (unpaired) electrons. The third-order valence-corrected chi connectivity index (χ3v) is 7.82. The van der Waals surface area contributed by atoms with Crippen molar-refractivity contribution >= 4 is 29.3 Å². The molecule has 2 aromatic rings. The molecule has 3 aliphatic rings. The number of amides is 1. The Balaban J connectivity index is 1.25. The Hall–Kier alpha value is -2.05. The van der Waals surface area contributed by atoms with Crippen molar-refractivity contribution in [3.8, 4) is 5.75 Å². The predicted octanol–water partition coefficient (Wildman–Crippen LogP) is 3.82. The summed E-state index contributed by atoms with van der Waals surface area (Å²) >= 11 is 0. The van der Waals surface area contributed by atoms with Gasteiger partial charge in [-0.15, -0.1) is 0 Å².